The zero-order valence-electron chi connectivity index (χ0n) is 10.7. The van der Waals surface area contributed by atoms with Crippen LogP contribution in [0.25, 0.3) is 0 Å². The maximum Gasteiger partial charge on any atom is 0.147 e. The number of phenols is 1. The second-order valence-corrected chi connectivity index (χ2v) is 4.44. The molecule has 0 fully saturated rings. The van der Waals surface area contributed by atoms with E-state index >= 15 is 0 Å². The van der Waals surface area contributed by atoms with Crippen molar-refractivity contribution in [3.63, 3.8) is 0 Å². The molecular formula is C13H17N3O. The van der Waals surface area contributed by atoms with E-state index in [-0.39, 0.29) is 0 Å². The lowest BCUT2D eigenvalue weighted by atomic mass is 10.1. The molecule has 0 spiro atoms. The molecule has 1 heterocycles. The molecule has 0 aliphatic rings. The number of nitrogens with zero attached hydrogens (tertiary/aromatic N) is 3. The van der Waals surface area contributed by atoms with Crippen LogP contribution in [0, 0.1) is 27.7 Å². The quantitative estimate of drug-likeness (QED) is 0.862. The van der Waals surface area contributed by atoms with Gasteiger partial charge in [0.25, 0.3) is 0 Å². The molecule has 0 unspecified atom stereocenters. The number of hydrogen-bond acceptors (Lipinski definition) is 3. The van der Waals surface area contributed by atoms with Crippen LogP contribution < -0.4 is 0 Å². The van der Waals surface area contributed by atoms with Gasteiger partial charge < -0.3 is 5.11 Å². The van der Waals surface area contributed by atoms with Crippen LogP contribution in [0.2, 0.25) is 0 Å². The van der Waals surface area contributed by atoms with E-state index in [2.05, 4.69) is 10.1 Å². The molecule has 0 aliphatic carbocycles. The Morgan fingerprint density at radius 2 is 1.71 bits per heavy atom. The molecule has 0 saturated carbocycles. The van der Waals surface area contributed by atoms with Crippen molar-refractivity contribution < 1.29 is 5.11 Å². The first-order valence-electron chi connectivity index (χ1n) is 5.64. The van der Waals surface area contributed by atoms with Crippen LogP contribution in [0.1, 0.15) is 28.3 Å². The highest BCUT2D eigenvalue weighted by Crippen LogP contribution is 2.23. The minimum absolute atomic E-state index is 0.375. The van der Waals surface area contributed by atoms with Crippen LogP contribution in [-0.4, -0.2) is 19.9 Å². The zero-order valence-corrected chi connectivity index (χ0v) is 10.7. The molecule has 90 valence electrons. The molecule has 0 bridgehead atoms. The Kier molecular flexibility index (Phi) is 2.88. The average Bonchev–Trinajstić information content (AvgIpc) is 2.54. The molecule has 0 aliphatic heterocycles. The SMILES string of the molecule is Cc1nc(C)n(Cc2cc(C)c(O)c(C)c2)n1. The number of aromatic hydroxyl groups is 1. The molecule has 1 aromatic heterocycles. The molecule has 0 saturated heterocycles. The normalized spacial score (nSPS) is 10.8. The maximum absolute atomic E-state index is 9.72. The van der Waals surface area contributed by atoms with Crippen molar-refractivity contribution in [1.82, 2.24) is 14.8 Å². The van der Waals surface area contributed by atoms with Gasteiger partial charge in [0.2, 0.25) is 0 Å². The van der Waals surface area contributed by atoms with Crippen LogP contribution >= 0.6 is 0 Å². The highest BCUT2D eigenvalue weighted by Gasteiger charge is 2.07. The van der Waals surface area contributed by atoms with Gasteiger partial charge in [-0.05, 0) is 44.4 Å². The number of benzene rings is 1. The summed E-state index contributed by atoms with van der Waals surface area (Å²) >= 11 is 0. The van der Waals surface area contributed by atoms with Crippen LogP contribution in [0.3, 0.4) is 0 Å². The average molecular weight is 231 g/mol. The molecule has 4 heteroatoms. The Hall–Kier alpha value is -1.84. The van der Waals surface area contributed by atoms with E-state index in [1.807, 2.05) is 44.5 Å². The summed E-state index contributed by atoms with van der Waals surface area (Å²) in [6.45, 7) is 8.34. The lowest BCUT2D eigenvalue weighted by Crippen LogP contribution is -2.04. The molecular weight excluding hydrogens is 214 g/mol. The lowest BCUT2D eigenvalue weighted by Gasteiger charge is -2.08. The van der Waals surface area contributed by atoms with Crippen molar-refractivity contribution in [3.05, 3.63) is 40.5 Å². The van der Waals surface area contributed by atoms with E-state index in [4.69, 9.17) is 0 Å². The van der Waals surface area contributed by atoms with E-state index in [1.165, 1.54) is 0 Å². The summed E-state index contributed by atoms with van der Waals surface area (Å²) in [4.78, 5) is 4.27. The minimum Gasteiger partial charge on any atom is -0.507 e. The van der Waals surface area contributed by atoms with Gasteiger partial charge in [-0.1, -0.05) is 12.1 Å². The zero-order chi connectivity index (χ0) is 12.6. The molecule has 1 N–H and O–H groups in total. The first-order chi connectivity index (χ1) is 7.97. The Morgan fingerprint density at radius 3 is 2.18 bits per heavy atom. The fraction of sp³-hybridized carbons (Fsp3) is 0.385. The third-order valence-electron chi connectivity index (χ3n) is 2.85. The van der Waals surface area contributed by atoms with Crippen LogP contribution in [0.15, 0.2) is 12.1 Å². The number of aromatic nitrogens is 3. The van der Waals surface area contributed by atoms with Gasteiger partial charge >= 0.3 is 0 Å². The van der Waals surface area contributed by atoms with Crippen LogP contribution in [-0.2, 0) is 6.54 Å². The standard InChI is InChI=1S/C13H17N3O/c1-8-5-12(6-9(2)13(8)17)7-16-11(4)14-10(3)15-16/h5-6,17H,7H2,1-4H3. The third-order valence-corrected chi connectivity index (χ3v) is 2.85. The summed E-state index contributed by atoms with van der Waals surface area (Å²) in [5.74, 6) is 2.07. The van der Waals surface area contributed by atoms with Crippen molar-refractivity contribution in [2.45, 2.75) is 34.2 Å². The first-order valence-corrected chi connectivity index (χ1v) is 5.64. The van der Waals surface area contributed by atoms with E-state index in [1.54, 1.807) is 0 Å². The summed E-state index contributed by atoms with van der Waals surface area (Å²) in [5.41, 5.74) is 2.93. The Labute approximate surface area is 101 Å². The van der Waals surface area contributed by atoms with Crippen molar-refractivity contribution in [2.24, 2.45) is 0 Å². The van der Waals surface area contributed by atoms with Crippen molar-refractivity contribution >= 4 is 0 Å². The Morgan fingerprint density at radius 1 is 1.12 bits per heavy atom. The summed E-state index contributed by atoms with van der Waals surface area (Å²) in [6, 6.07) is 3.97. The monoisotopic (exact) mass is 231 g/mol. The summed E-state index contributed by atoms with van der Waals surface area (Å²) in [7, 11) is 0. The van der Waals surface area contributed by atoms with E-state index in [0.29, 0.717) is 12.3 Å². The molecule has 17 heavy (non-hydrogen) atoms. The van der Waals surface area contributed by atoms with Gasteiger partial charge in [0, 0.05) is 0 Å². The van der Waals surface area contributed by atoms with E-state index in [9.17, 15) is 5.11 Å². The van der Waals surface area contributed by atoms with Crippen LogP contribution in [0.4, 0.5) is 0 Å². The molecule has 4 nitrogen and oxygen atoms in total. The van der Waals surface area contributed by atoms with Gasteiger partial charge in [0.05, 0.1) is 6.54 Å². The molecule has 2 rings (SSSR count). The largest absolute Gasteiger partial charge is 0.507 e. The van der Waals surface area contributed by atoms with Gasteiger partial charge in [0.15, 0.2) is 0 Å². The molecule has 0 radical (unpaired) electrons. The smallest absolute Gasteiger partial charge is 0.147 e. The van der Waals surface area contributed by atoms with Gasteiger partial charge in [-0.15, -0.1) is 0 Å². The predicted octanol–water partition coefficient (Wildman–Crippen LogP) is 2.27. The van der Waals surface area contributed by atoms with E-state index in [0.717, 1.165) is 28.3 Å². The number of phenolic OH excluding ortho intramolecular Hbond substituents is 1. The molecule has 1 aromatic carbocycles. The van der Waals surface area contributed by atoms with Crippen molar-refractivity contribution in [3.8, 4) is 5.75 Å². The van der Waals surface area contributed by atoms with Gasteiger partial charge in [-0.2, -0.15) is 5.10 Å². The molecule has 2 aromatic rings. The van der Waals surface area contributed by atoms with Crippen molar-refractivity contribution in [2.75, 3.05) is 0 Å². The summed E-state index contributed by atoms with van der Waals surface area (Å²) in [6.07, 6.45) is 0. The molecule has 0 amide bonds. The fourth-order valence-corrected chi connectivity index (χ4v) is 2.02. The Bertz CT molecular complexity index is 535. The van der Waals surface area contributed by atoms with Crippen LogP contribution in [0.5, 0.6) is 5.75 Å². The number of rotatable bonds is 2. The summed E-state index contributed by atoms with van der Waals surface area (Å²) < 4.78 is 1.88. The topological polar surface area (TPSA) is 50.9 Å². The second-order valence-electron chi connectivity index (χ2n) is 4.44. The highest BCUT2D eigenvalue weighted by molar-refractivity contribution is 5.42. The van der Waals surface area contributed by atoms with Crippen molar-refractivity contribution in [1.29, 1.82) is 0 Å². The number of aryl methyl sites for hydroxylation is 4. The molecule has 0 atom stereocenters. The lowest BCUT2D eigenvalue weighted by molar-refractivity contribution is 0.466. The number of hydrogen-bond donors (Lipinski definition) is 1. The third kappa shape index (κ3) is 2.30. The minimum atomic E-state index is 0.375. The van der Waals surface area contributed by atoms with E-state index < -0.39 is 0 Å². The maximum atomic E-state index is 9.72. The van der Waals surface area contributed by atoms with Gasteiger partial charge in [0.1, 0.15) is 17.4 Å². The first kappa shape index (κ1) is 11.6. The highest BCUT2D eigenvalue weighted by atomic mass is 16.3. The fourth-order valence-electron chi connectivity index (χ4n) is 2.02. The predicted molar refractivity (Wildman–Crippen MR) is 66.2 cm³/mol. The van der Waals surface area contributed by atoms with Gasteiger partial charge in [-0.25, -0.2) is 9.67 Å². The summed E-state index contributed by atoms with van der Waals surface area (Å²) in [5, 5.41) is 14.1. The second kappa shape index (κ2) is 4.20. The van der Waals surface area contributed by atoms with Gasteiger partial charge in [-0.3, -0.25) is 0 Å². The Balaban J connectivity index is 2.33.